The number of hydrogen-bond acceptors (Lipinski definition) is 3. The Labute approximate surface area is 165 Å². The van der Waals surface area contributed by atoms with Gasteiger partial charge in [0.25, 0.3) is 0 Å². The molecule has 2 aromatic carbocycles. The smallest absolute Gasteiger partial charge is 0.406 e. The molecule has 1 aromatic heterocycles. The van der Waals surface area contributed by atoms with Crippen LogP contribution in [0.5, 0.6) is 5.75 Å². The molecule has 0 aliphatic rings. The molecule has 29 heavy (non-hydrogen) atoms. The Hall–Kier alpha value is -3.55. The van der Waals surface area contributed by atoms with Crippen LogP contribution in [0.2, 0.25) is 0 Å². The molecular weight excluding hydrogens is 383 g/mol. The minimum atomic E-state index is -4.74. The highest BCUT2D eigenvalue weighted by atomic mass is 19.4. The third-order valence-corrected chi connectivity index (χ3v) is 4.06. The number of carbonyl (C=O) groups is 1. The van der Waals surface area contributed by atoms with Crippen molar-refractivity contribution in [1.29, 1.82) is 0 Å². The summed E-state index contributed by atoms with van der Waals surface area (Å²) in [4.78, 5) is 16.4. The normalized spacial score (nSPS) is 12.1. The lowest BCUT2D eigenvalue weighted by molar-refractivity contribution is -0.274. The molecule has 0 bridgehead atoms. The molecule has 3 rings (SSSR count). The van der Waals surface area contributed by atoms with E-state index in [1.165, 1.54) is 24.3 Å². The highest BCUT2D eigenvalue weighted by Crippen LogP contribution is 2.23. The fraction of sp³-hybridized carbons (Fsp3) is 0.143. The van der Waals surface area contributed by atoms with Crippen LogP contribution in [0.1, 0.15) is 22.7 Å². The Balaban J connectivity index is 1.62. The highest BCUT2D eigenvalue weighted by molar-refractivity contribution is 5.75. The lowest BCUT2D eigenvalue weighted by Crippen LogP contribution is -2.38. The topological polar surface area (TPSA) is 63.2 Å². The van der Waals surface area contributed by atoms with E-state index in [4.69, 9.17) is 0 Å². The largest absolute Gasteiger partial charge is 0.573 e. The van der Waals surface area contributed by atoms with Crippen LogP contribution in [-0.2, 0) is 6.54 Å². The molecule has 0 spiro atoms. The number of amides is 2. The van der Waals surface area contributed by atoms with E-state index in [1.54, 1.807) is 12.4 Å². The first kappa shape index (κ1) is 20.2. The van der Waals surface area contributed by atoms with Gasteiger partial charge in [0.05, 0.1) is 6.04 Å². The number of alkyl halides is 3. The first-order chi connectivity index (χ1) is 13.9. The molecule has 1 atom stereocenters. The van der Waals surface area contributed by atoms with Crippen molar-refractivity contribution in [3.05, 3.63) is 95.8 Å². The molecule has 0 fully saturated rings. The van der Waals surface area contributed by atoms with E-state index in [0.29, 0.717) is 5.56 Å². The summed E-state index contributed by atoms with van der Waals surface area (Å²) in [5.41, 5.74) is 2.41. The predicted molar refractivity (Wildman–Crippen MR) is 101 cm³/mol. The zero-order valence-corrected chi connectivity index (χ0v) is 15.2. The zero-order valence-electron chi connectivity index (χ0n) is 15.2. The van der Waals surface area contributed by atoms with Gasteiger partial charge in [0.15, 0.2) is 0 Å². The number of hydrogen-bond donors (Lipinski definition) is 2. The van der Waals surface area contributed by atoms with Crippen LogP contribution in [0.4, 0.5) is 18.0 Å². The van der Waals surface area contributed by atoms with Crippen molar-refractivity contribution in [2.24, 2.45) is 0 Å². The standard InChI is InChI=1S/C21H18F3N3O2/c22-21(23,24)29-18-8-6-15(7-9-18)14-26-20(28)27-19(16-4-2-1-3-5-16)17-10-12-25-13-11-17/h1-13,19H,14H2,(H2,26,27,28). The molecule has 3 aromatic rings. The monoisotopic (exact) mass is 401 g/mol. The molecule has 150 valence electrons. The van der Waals surface area contributed by atoms with E-state index in [-0.39, 0.29) is 18.3 Å². The lowest BCUT2D eigenvalue weighted by Gasteiger charge is -2.20. The average Bonchev–Trinajstić information content (AvgIpc) is 2.72. The molecule has 1 unspecified atom stereocenters. The summed E-state index contributed by atoms with van der Waals surface area (Å²) in [6.45, 7) is 0.149. The Bertz CT molecular complexity index is 878. The van der Waals surface area contributed by atoms with E-state index in [9.17, 15) is 18.0 Å². The number of rotatable bonds is 6. The van der Waals surface area contributed by atoms with Gasteiger partial charge in [-0.25, -0.2) is 4.79 Å². The number of halogens is 3. The molecule has 2 N–H and O–H groups in total. The minimum absolute atomic E-state index is 0.149. The van der Waals surface area contributed by atoms with Crippen LogP contribution in [0.25, 0.3) is 0 Å². The molecule has 8 heteroatoms. The van der Waals surface area contributed by atoms with Crippen molar-refractivity contribution < 1.29 is 22.7 Å². The summed E-state index contributed by atoms with van der Waals surface area (Å²) < 4.78 is 40.4. The molecule has 5 nitrogen and oxygen atoms in total. The Morgan fingerprint density at radius 3 is 2.17 bits per heavy atom. The molecule has 0 saturated heterocycles. The quantitative estimate of drug-likeness (QED) is 0.636. The third kappa shape index (κ3) is 6.24. The van der Waals surface area contributed by atoms with Gasteiger partial charge < -0.3 is 15.4 Å². The summed E-state index contributed by atoms with van der Waals surface area (Å²) >= 11 is 0. The van der Waals surface area contributed by atoms with Gasteiger partial charge in [0.1, 0.15) is 5.75 Å². The van der Waals surface area contributed by atoms with Gasteiger partial charge in [-0.05, 0) is 41.0 Å². The number of pyridine rings is 1. The van der Waals surface area contributed by atoms with Crippen molar-refractivity contribution in [1.82, 2.24) is 15.6 Å². The maximum absolute atomic E-state index is 12.4. The summed E-state index contributed by atoms with van der Waals surface area (Å²) in [6.07, 6.45) is -1.44. The maximum atomic E-state index is 12.4. The third-order valence-electron chi connectivity index (χ3n) is 4.06. The highest BCUT2D eigenvalue weighted by Gasteiger charge is 2.30. The molecule has 0 aliphatic carbocycles. The van der Waals surface area contributed by atoms with Crippen LogP contribution >= 0.6 is 0 Å². The van der Waals surface area contributed by atoms with Gasteiger partial charge in [0, 0.05) is 18.9 Å². The zero-order chi connectivity index (χ0) is 20.7. The van der Waals surface area contributed by atoms with E-state index >= 15 is 0 Å². The molecule has 1 heterocycles. The first-order valence-electron chi connectivity index (χ1n) is 8.74. The molecule has 0 saturated carbocycles. The number of aromatic nitrogens is 1. The average molecular weight is 401 g/mol. The van der Waals surface area contributed by atoms with Gasteiger partial charge in [-0.1, -0.05) is 42.5 Å². The second-order valence-corrected chi connectivity index (χ2v) is 6.14. The minimum Gasteiger partial charge on any atom is -0.406 e. The SMILES string of the molecule is O=C(NCc1ccc(OC(F)(F)F)cc1)NC(c1ccccc1)c1ccncc1. The second-order valence-electron chi connectivity index (χ2n) is 6.14. The molecule has 2 amide bonds. The van der Waals surface area contributed by atoms with Gasteiger partial charge in [0.2, 0.25) is 0 Å². The summed E-state index contributed by atoms with van der Waals surface area (Å²) in [5.74, 6) is -0.312. The van der Waals surface area contributed by atoms with Gasteiger partial charge >= 0.3 is 12.4 Å². The lowest BCUT2D eigenvalue weighted by atomic mass is 10.00. The predicted octanol–water partition coefficient (Wildman–Crippen LogP) is 4.57. The van der Waals surface area contributed by atoms with Crippen molar-refractivity contribution >= 4 is 6.03 Å². The Morgan fingerprint density at radius 1 is 0.931 bits per heavy atom. The summed E-state index contributed by atoms with van der Waals surface area (Å²) in [5, 5.41) is 5.62. The number of urea groups is 1. The molecule has 0 aliphatic heterocycles. The molecular formula is C21H18F3N3O2. The van der Waals surface area contributed by atoms with Crippen molar-refractivity contribution in [3.8, 4) is 5.75 Å². The number of carbonyl (C=O) groups excluding carboxylic acids is 1. The van der Waals surface area contributed by atoms with Crippen LogP contribution in [0.3, 0.4) is 0 Å². The Kier molecular flexibility index (Phi) is 6.33. The number of ether oxygens (including phenoxy) is 1. The van der Waals surface area contributed by atoms with Gasteiger partial charge in [-0.15, -0.1) is 13.2 Å². The van der Waals surface area contributed by atoms with Crippen LogP contribution in [-0.4, -0.2) is 17.4 Å². The van der Waals surface area contributed by atoms with Crippen molar-refractivity contribution in [3.63, 3.8) is 0 Å². The molecule has 0 radical (unpaired) electrons. The second kappa shape index (κ2) is 9.09. The van der Waals surface area contributed by atoms with Crippen LogP contribution in [0, 0.1) is 0 Å². The van der Waals surface area contributed by atoms with E-state index in [0.717, 1.165) is 11.1 Å². The van der Waals surface area contributed by atoms with E-state index in [2.05, 4.69) is 20.4 Å². The number of nitrogens with one attached hydrogen (secondary N) is 2. The summed E-state index contributed by atoms with van der Waals surface area (Å²) in [6, 6.07) is 17.6. The first-order valence-corrected chi connectivity index (χ1v) is 8.74. The van der Waals surface area contributed by atoms with Gasteiger partial charge in [-0.3, -0.25) is 4.98 Å². The van der Waals surface area contributed by atoms with E-state index in [1.807, 2.05) is 42.5 Å². The van der Waals surface area contributed by atoms with Crippen molar-refractivity contribution in [2.45, 2.75) is 18.9 Å². The van der Waals surface area contributed by atoms with Crippen LogP contribution in [0.15, 0.2) is 79.1 Å². The maximum Gasteiger partial charge on any atom is 0.573 e. The Morgan fingerprint density at radius 2 is 1.55 bits per heavy atom. The van der Waals surface area contributed by atoms with Crippen LogP contribution < -0.4 is 15.4 Å². The fourth-order valence-electron chi connectivity index (χ4n) is 2.73. The number of benzene rings is 2. The summed E-state index contributed by atoms with van der Waals surface area (Å²) in [7, 11) is 0. The fourth-order valence-corrected chi connectivity index (χ4v) is 2.73. The van der Waals surface area contributed by atoms with Crippen molar-refractivity contribution in [2.75, 3.05) is 0 Å². The van der Waals surface area contributed by atoms with E-state index < -0.39 is 12.4 Å². The van der Waals surface area contributed by atoms with Gasteiger partial charge in [-0.2, -0.15) is 0 Å². The number of nitrogens with zero attached hydrogens (tertiary/aromatic N) is 1.